The summed E-state index contributed by atoms with van der Waals surface area (Å²) in [6, 6.07) is 3.40. The highest BCUT2D eigenvalue weighted by Crippen LogP contribution is 2.49. The Bertz CT molecular complexity index is 544. The van der Waals surface area contributed by atoms with Gasteiger partial charge in [0.1, 0.15) is 0 Å². The van der Waals surface area contributed by atoms with Crippen molar-refractivity contribution >= 4 is 34.8 Å². The minimum atomic E-state index is -0.755. The Labute approximate surface area is 120 Å². The molecule has 1 aromatic rings. The molecular formula is C13H14ClNO3S. The number of thiophene rings is 1. The van der Waals surface area contributed by atoms with Gasteiger partial charge >= 0.3 is 5.97 Å². The number of hydrogen-bond acceptors (Lipinski definition) is 3. The van der Waals surface area contributed by atoms with Gasteiger partial charge in [-0.15, -0.1) is 11.3 Å². The number of carboxylic acid groups (broad SMARTS) is 1. The second-order valence-electron chi connectivity index (χ2n) is 5.34. The second kappa shape index (κ2) is 4.49. The lowest BCUT2D eigenvalue weighted by Gasteiger charge is -2.23. The van der Waals surface area contributed by atoms with Crippen LogP contribution < -0.4 is 0 Å². The molecule has 1 saturated carbocycles. The molecule has 2 heterocycles. The van der Waals surface area contributed by atoms with Crippen molar-refractivity contribution in [3.05, 3.63) is 21.3 Å². The van der Waals surface area contributed by atoms with E-state index in [1.807, 2.05) is 0 Å². The van der Waals surface area contributed by atoms with Crippen LogP contribution in [0.3, 0.4) is 0 Å². The molecule has 2 fully saturated rings. The summed E-state index contributed by atoms with van der Waals surface area (Å²) in [6.45, 7) is 0.891. The molecule has 1 aromatic heterocycles. The lowest BCUT2D eigenvalue weighted by atomic mass is 9.81. The topological polar surface area (TPSA) is 57.6 Å². The van der Waals surface area contributed by atoms with Crippen molar-refractivity contribution in [1.82, 2.24) is 4.90 Å². The summed E-state index contributed by atoms with van der Waals surface area (Å²) in [5, 5.41) is 9.49. The monoisotopic (exact) mass is 299 g/mol. The maximum absolute atomic E-state index is 12.3. The molecule has 2 atom stereocenters. The molecule has 0 bridgehead atoms. The first kappa shape index (κ1) is 12.9. The molecule has 3 rings (SSSR count). The molecule has 0 aromatic carbocycles. The fraction of sp³-hybridized carbons (Fsp3) is 0.538. The zero-order valence-corrected chi connectivity index (χ0v) is 11.8. The third-order valence-corrected chi connectivity index (χ3v) is 5.59. The summed E-state index contributed by atoms with van der Waals surface area (Å²) >= 11 is 7.08. The van der Waals surface area contributed by atoms with E-state index in [-0.39, 0.29) is 11.8 Å². The molecule has 2 aliphatic rings. The van der Waals surface area contributed by atoms with Crippen LogP contribution in [0.5, 0.6) is 0 Å². The Balaban J connectivity index is 1.82. The standard InChI is InChI=1S/C13H14ClNO3S/c14-10-4-3-9(19-10)11(16)15-6-8-2-1-5-13(8,7-15)12(17)18/h3-4,8H,1-2,5-7H2,(H,17,18)/t8-,13+/m0/s1. The van der Waals surface area contributed by atoms with Crippen molar-refractivity contribution in [2.75, 3.05) is 13.1 Å². The van der Waals surface area contributed by atoms with Crippen molar-refractivity contribution < 1.29 is 14.7 Å². The van der Waals surface area contributed by atoms with Crippen molar-refractivity contribution in [1.29, 1.82) is 0 Å². The van der Waals surface area contributed by atoms with Gasteiger partial charge in [-0.3, -0.25) is 9.59 Å². The van der Waals surface area contributed by atoms with E-state index in [9.17, 15) is 14.7 Å². The van der Waals surface area contributed by atoms with Gasteiger partial charge in [-0.2, -0.15) is 0 Å². The molecule has 6 heteroatoms. The smallest absolute Gasteiger partial charge is 0.311 e. The number of fused-ring (bicyclic) bond motifs is 1. The van der Waals surface area contributed by atoms with E-state index in [0.29, 0.717) is 28.7 Å². The van der Waals surface area contributed by atoms with Crippen LogP contribution in [0.25, 0.3) is 0 Å². The minimum absolute atomic E-state index is 0.0908. The van der Waals surface area contributed by atoms with Gasteiger partial charge < -0.3 is 10.0 Å². The van der Waals surface area contributed by atoms with Gasteiger partial charge in [0.2, 0.25) is 0 Å². The van der Waals surface area contributed by atoms with Gasteiger partial charge in [0.25, 0.3) is 5.91 Å². The van der Waals surface area contributed by atoms with Gasteiger partial charge in [-0.1, -0.05) is 18.0 Å². The molecule has 1 amide bonds. The van der Waals surface area contributed by atoms with Gasteiger partial charge in [0.05, 0.1) is 14.6 Å². The maximum Gasteiger partial charge on any atom is 0.311 e. The third kappa shape index (κ3) is 1.96. The molecule has 0 spiro atoms. The first-order valence-corrected chi connectivity index (χ1v) is 7.50. The van der Waals surface area contributed by atoms with E-state index < -0.39 is 11.4 Å². The van der Waals surface area contributed by atoms with Gasteiger partial charge in [-0.05, 0) is 30.9 Å². The number of carbonyl (C=O) groups is 2. The van der Waals surface area contributed by atoms with Crippen LogP contribution >= 0.6 is 22.9 Å². The molecule has 0 unspecified atom stereocenters. The first-order chi connectivity index (χ1) is 9.03. The normalized spacial score (nSPS) is 29.5. The Morgan fingerprint density at radius 2 is 2.26 bits per heavy atom. The number of likely N-dealkylation sites (tertiary alicyclic amines) is 1. The van der Waals surface area contributed by atoms with Crippen molar-refractivity contribution in [2.45, 2.75) is 19.3 Å². The molecule has 1 N–H and O–H groups in total. The number of carboxylic acids is 1. The molecule has 0 radical (unpaired) electrons. The number of halogens is 1. The average molecular weight is 300 g/mol. The average Bonchev–Trinajstić information content (AvgIpc) is 3.00. The van der Waals surface area contributed by atoms with Gasteiger partial charge in [-0.25, -0.2) is 0 Å². The van der Waals surface area contributed by atoms with Crippen LogP contribution in [0.2, 0.25) is 4.34 Å². The zero-order chi connectivity index (χ0) is 13.6. The Kier molecular flexibility index (Phi) is 3.06. The molecule has 1 saturated heterocycles. The number of nitrogens with zero attached hydrogens (tertiary/aromatic N) is 1. The van der Waals surface area contributed by atoms with E-state index >= 15 is 0 Å². The maximum atomic E-state index is 12.3. The van der Waals surface area contributed by atoms with Crippen LogP contribution in [0.1, 0.15) is 28.9 Å². The van der Waals surface area contributed by atoms with E-state index in [0.717, 1.165) is 12.8 Å². The number of aliphatic carboxylic acids is 1. The highest BCUT2D eigenvalue weighted by atomic mass is 35.5. The summed E-state index contributed by atoms with van der Waals surface area (Å²) < 4.78 is 0.579. The van der Waals surface area contributed by atoms with Crippen molar-refractivity contribution in [2.24, 2.45) is 11.3 Å². The molecule has 4 nitrogen and oxygen atoms in total. The summed E-state index contributed by atoms with van der Waals surface area (Å²) in [5.41, 5.74) is -0.712. The van der Waals surface area contributed by atoms with E-state index in [2.05, 4.69) is 0 Å². The number of amides is 1. The molecular weight excluding hydrogens is 286 g/mol. The lowest BCUT2D eigenvalue weighted by Crippen LogP contribution is -2.37. The predicted molar refractivity (Wildman–Crippen MR) is 72.6 cm³/mol. The first-order valence-electron chi connectivity index (χ1n) is 6.31. The quantitative estimate of drug-likeness (QED) is 0.913. The largest absolute Gasteiger partial charge is 0.481 e. The summed E-state index contributed by atoms with van der Waals surface area (Å²) in [6.07, 6.45) is 2.53. The van der Waals surface area contributed by atoms with E-state index in [1.54, 1.807) is 17.0 Å². The SMILES string of the molecule is O=C(c1ccc(Cl)s1)N1C[C@@H]2CCC[C@@]2(C(=O)O)C1. The second-order valence-corrected chi connectivity index (χ2v) is 7.05. The summed E-state index contributed by atoms with van der Waals surface area (Å²) in [4.78, 5) is 26.2. The minimum Gasteiger partial charge on any atom is -0.481 e. The Morgan fingerprint density at radius 1 is 1.47 bits per heavy atom. The van der Waals surface area contributed by atoms with Crippen molar-refractivity contribution in [3.8, 4) is 0 Å². The third-order valence-electron chi connectivity index (χ3n) is 4.37. The fourth-order valence-corrected chi connectivity index (χ4v) is 4.39. The number of carbonyl (C=O) groups excluding carboxylic acids is 1. The molecule has 19 heavy (non-hydrogen) atoms. The van der Waals surface area contributed by atoms with Crippen molar-refractivity contribution in [3.63, 3.8) is 0 Å². The van der Waals surface area contributed by atoms with Crippen LogP contribution in [0, 0.1) is 11.3 Å². The van der Waals surface area contributed by atoms with Gasteiger partial charge in [0, 0.05) is 13.1 Å². The number of hydrogen-bond donors (Lipinski definition) is 1. The molecule has 102 valence electrons. The molecule has 1 aliphatic carbocycles. The van der Waals surface area contributed by atoms with E-state index in [1.165, 1.54) is 11.3 Å². The Hall–Kier alpha value is -1.07. The zero-order valence-electron chi connectivity index (χ0n) is 10.3. The van der Waals surface area contributed by atoms with Crippen LogP contribution in [-0.4, -0.2) is 35.0 Å². The van der Waals surface area contributed by atoms with Gasteiger partial charge in [0.15, 0.2) is 0 Å². The fourth-order valence-electron chi connectivity index (χ4n) is 3.38. The highest BCUT2D eigenvalue weighted by Gasteiger charge is 2.55. The summed E-state index contributed by atoms with van der Waals surface area (Å²) in [7, 11) is 0. The predicted octanol–water partition coefficient (Wildman–Crippen LogP) is 2.73. The summed E-state index contributed by atoms with van der Waals surface area (Å²) in [5.74, 6) is -0.745. The number of rotatable bonds is 2. The van der Waals surface area contributed by atoms with Crippen LogP contribution in [0.15, 0.2) is 12.1 Å². The van der Waals surface area contributed by atoms with Crippen LogP contribution in [0.4, 0.5) is 0 Å². The van der Waals surface area contributed by atoms with Crippen LogP contribution in [-0.2, 0) is 4.79 Å². The molecule has 1 aliphatic heterocycles. The Morgan fingerprint density at radius 3 is 2.84 bits per heavy atom. The highest BCUT2D eigenvalue weighted by molar-refractivity contribution is 7.17. The van der Waals surface area contributed by atoms with E-state index in [4.69, 9.17) is 11.6 Å². The lowest BCUT2D eigenvalue weighted by molar-refractivity contribution is -0.149.